The minimum absolute atomic E-state index is 0.231. The summed E-state index contributed by atoms with van der Waals surface area (Å²) >= 11 is 0. The number of nitrogens with one attached hydrogen (secondary N) is 1. The van der Waals surface area contributed by atoms with Crippen molar-refractivity contribution >= 4 is 0 Å². The topological polar surface area (TPSA) is 33.7 Å². The summed E-state index contributed by atoms with van der Waals surface area (Å²) in [6, 6.07) is 6.20. The zero-order valence-electron chi connectivity index (χ0n) is 13.8. The fourth-order valence-electron chi connectivity index (χ4n) is 2.90. The summed E-state index contributed by atoms with van der Waals surface area (Å²) in [7, 11) is 7.60. The quantitative estimate of drug-likeness (QED) is 0.798. The molecule has 1 aliphatic carbocycles. The lowest BCUT2D eigenvalue weighted by Crippen LogP contribution is -2.33. The van der Waals surface area contributed by atoms with E-state index in [1.807, 2.05) is 19.2 Å². The van der Waals surface area contributed by atoms with Crippen molar-refractivity contribution < 1.29 is 9.47 Å². The maximum absolute atomic E-state index is 5.51. The Balaban J connectivity index is 2.08. The average molecular weight is 292 g/mol. The minimum Gasteiger partial charge on any atom is -0.497 e. The van der Waals surface area contributed by atoms with Crippen LogP contribution in [0.25, 0.3) is 0 Å². The van der Waals surface area contributed by atoms with E-state index in [0.29, 0.717) is 0 Å². The van der Waals surface area contributed by atoms with Gasteiger partial charge in [-0.15, -0.1) is 0 Å². The van der Waals surface area contributed by atoms with Gasteiger partial charge in [0.15, 0.2) is 0 Å². The van der Waals surface area contributed by atoms with Gasteiger partial charge in [-0.3, -0.25) is 0 Å². The van der Waals surface area contributed by atoms with Crippen molar-refractivity contribution in [1.82, 2.24) is 10.2 Å². The molecule has 21 heavy (non-hydrogen) atoms. The van der Waals surface area contributed by atoms with E-state index >= 15 is 0 Å². The molecule has 4 heteroatoms. The minimum atomic E-state index is 0.231. The first-order valence-corrected chi connectivity index (χ1v) is 7.66. The van der Waals surface area contributed by atoms with Crippen LogP contribution in [0.2, 0.25) is 0 Å². The molecular formula is C17H28N2O2. The first kappa shape index (κ1) is 16.1. The molecule has 3 atom stereocenters. The Morgan fingerprint density at radius 3 is 2.57 bits per heavy atom. The second kappa shape index (κ2) is 7.14. The van der Waals surface area contributed by atoms with E-state index in [9.17, 15) is 0 Å². The molecule has 4 nitrogen and oxygen atoms in total. The smallest absolute Gasteiger partial charge is 0.123 e. The number of hydrogen-bond donors (Lipinski definition) is 1. The lowest BCUT2D eigenvalue weighted by Gasteiger charge is -2.25. The molecule has 1 aromatic rings. The number of hydrogen-bond acceptors (Lipinski definition) is 4. The zero-order valence-corrected chi connectivity index (χ0v) is 13.8. The van der Waals surface area contributed by atoms with Gasteiger partial charge >= 0.3 is 0 Å². The Labute approximate surface area is 128 Å². The summed E-state index contributed by atoms with van der Waals surface area (Å²) < 4.78 is 10.9. The monoisotopic (exact) mass is 292 g/mol. The van der Waals surface area contributed by atoms with E-state index in [0.717, 1.165) is 35.4 Å². The molecule has 0 bridgehead atoms. The third kappa shape index (κ3) is 4.11. The van der Waals surface area contributed by atoms with Gasteiger partial charge in [0.25, 0.3) is 0 Å². The highest BCUT2D eigenvalue weighted by Gasteiger charge is 2.33. The first-order valence-electron chi connectivity index (χ1n) is 7.66. The largest absolute Gasteiger partial charge is 0.497 e. The molecule has 0 amide bonds. The molecule has 1 aromatic carbocycles. The highest BCUT2D eigenvalue weighted by atomic mass is 16.5. The maximum Gasteiger partial charge on any atom is 0.123 e. The summed E-state index contributed by atoms with van der Waals surface area (Å²) in [5.74, 6) is 3.54. The van der Waals surface area contributed by atoms with Crippen LogP contribution in [0.5, 0.6) is 11.5 Å². The van der Waals surface area contributed by atoms with Crippen LogP contribution in [0.4, 0.5) is 0 Å². The molecule has 1 saturated carbocycles. The second-order valence-electron chi connectivity index (χ2n) is 6.14. The molecule has 0 spiro atoms. The van der Waals surface area contributed by atoms with Crippen LogP contribution < -0.4 is 14.8 Å². The number of nitrogens with zero attached hydrogens (tertiary/aromatic N) is 1. The molecule has 1 N–H and O–H groups in total. The Morgan fingerprint density at radius 1 is 1.33 bits per heavy atom. The Morgan fingerprint density at radius 2 is 2.05 bits per heavy atom. The highest BCUT2D eigenvalue weighted by molar-refractivity contribution is 5.42. The normalized spacial score (nSPS) is 22.2. The first-order chi connectivity index (χ1) is 10.1. The van der Waals surface area contributed by atoms with E-state index in [4.69, 9.17) is 9.47 Å². The van der Waals surface area contributed by atoms with E-state index in [2.05, 4.69) is 30.3 Å². The summed E-state index contributed by atoms with van der Waals surface area (Å²) in [6.45, 7) is 4.47. The number of ether oxygens (including phenoxy) is 2. The molecule has 0 saturated heterocycles. The van der Waals surface area contributed by atoms with E-state index in [1.54, 1.807) is 14.2 Å². The van der Waals surface area contributed by atoms with Crippen molar-refractivity contribution in [1.29, 1.82) is 0 Å². The van der Waals surface area contributed by atoms with Crippen LogP contribution in [-0.4, -0.2) is 46.3 Å². The Bertz CT molecular complexity index is 464. The van der Waals surface area contributed by atoms with Crippen molar-refractivity contribution in [3.05, 3.63) is 23.8 Å². The van der Waals surface area contributed by atoms with Gasteiger partial charge in [-0.25, -0.2) is 0 Å². The van der Waals surface area contributed by atoms with Crippen LogP contribution in [0, 0.1) is 11.8 Å². The van der Waals surface area contributed by atoms with Crippen LogP contribution in [-0.2, 0) is 0 Å². The van der Waals surface area contributed by atoms with Gasteiger partial charge < -0.3 is 19.7 Å². The zero-order chi connectivity index (χ0) is 15.4. The van der Waals surface area contributed by atoms with E-state index < -0.39 is 0 Å². The van der Waals surface area contributed by atoms with Gasteiger partial charge in [-0.2, -0.15) is 0 Å². The third-order valence-corrected chi connectivity index (χ3v) is 4.48. The van der Waals surface area contributed by atoms with Crippen LogP contribution in [0.15, 0.2) is 18.2 Å². The van der Waals surface area contributed by atoms with Crippen molar-refractivity contribution in [3.63, 3.8) is 0 Å². The predicted octanol–water partition coefficient (Wildman–Crippen LogP) is 2.55. The van der Waals surface area contributed by atoms with Crippen molar-refractivity contribution in [2.24, 2.45) is 11.8 Å². The number of likely N-dealkylation sites (N-methyl/N-ethyl adjacent to an activating group) is 2. The Kier molecular flexibility index (Phi) is 5.48. The van der Waals surface area contributed by atoms with Crippen LogP contribution >= 0.6 is 0 Å². The number of rotatable bonds is 8. The van der Waals surface area contributed by atoms with Crippen molar-refractivity contribution in [2.45, 2.75) is 19.4 Å². The lowest BCUT2D eigenvalue weighted by atomic mass is 10.0. The highest BCUT2D eigenvalue weighted by Crippen LogP contribution is 2.38. The predicted molar refractivity (Wildman–Crippen MR) is 86.1 cm³/mol. The molecule has 0 aromatic heterocycles. The average Bonchev–Trinajstić information content (AvgIpc) is 3.18. The molecule has 0 radical (unpaired) electrons. The maximum atomic E-state index is 5.51. The van der Waals surface area contributed by atoms with Gasteiger partial charge in [0, 0.05) is 24.7 Å². The van der Waals surface area contributed by atoms with Gasteiger partial charge in [-0.05, 0) is 50.6 Å². The van der Waals surface area contributed by atoms with Gasteiger partial charge in [0.05, 0.1) is 14.2 Å². The summed E-state index contributed by atoms with van der Waals surface area (Å²) in [4.78, 5) is 2.41. The van der Waals surface area contributed by atoms with Crippen LogP contribution in [0.3, 0.4) is 0 Å². The standard InChI is InChI=1S/C17H28N2O2/c1-12-8-13(12)10-19(3)11-16(18-2)15-9-14(20-4)6-7-17(15)21-5/h6-7,9,12-13,16,18H,8,10-11H2,1-5H3. The molecular weight excluding hydrogens is 264 g/mol. The molecule has 1 aliphatic rings. The lowest BCUT2D eigenvalue weighted by molar-refractivity contribution is 0.278. The SMILES string of the molecule is CNC(CN(C)CC1CC1C)c1cc(OC)ccc1OC. The molecule has 2 rings (SSSR count). The van der Waals surface area contributed by atoms with Gasteiger partial charge in [0.1, 0.15) is 11.5 Å². The molecule has 1 fully saturated rings. The van der Waals surface area contributed by atoms with Crippen molar-refractivity contribution in [2.75, 3.05) is 41.4 Å². The molecule has 118 valence electrons. The number of methoxy groups -OCH3 is 2. The molecule has 3 unspecified atom stereocenters. The fourth-order valence-corrected chi connectivity index (χ4v) is 2.90. The van der Waals surface area contributed by atoms with Gasteiger partial charge in [0.2, 0.25) is 0 Å². The van der Waals surface area contributed by atoms with Crippen molar-refractivity contribution in [3.8, 4) is 11.5 Å². The van der Waals surface area contributed by atoms with Crippen LogP contribution in [0.1, 0.15) is 24.9 Å². The summed E-state index contributed by atoms with van der Waals surface area (Å²) in [5, 5.41) is 3.40. The second-order valence-corrected chi connectivity index (χ2v) is 6.14. The summed E-state index contributed by atoms with van der Waals surface area (Å²) in [5.41, 5.74) is 1.15. The fraction of sp³-hybridized carbons (Fsp3) is 0.647. The Hall–Kier alpha value is -1.26. The van der Waals surface area contributed by atoms with Gasteiger partial charge in [-0.1, -0.05) is 6.92 Å². The van der Waals surface area contributed by atoms with E-state index in [-0.39, 0.29) is 6.04 Å². The molecule has 0 aliphatic heterocycles. The summed E-state index contributed by atoms with van der Waals surface area (Å²) in [6.07, 6.45) is 1.37. The number of benzene rings is 1. The molecule has 0 heterocycles. The van der Waals surface area contributed by atoms with E-state index in [1.165, 1.54) is 13.0 Å². The third-order valence-electron chi connectivity index (χ3n) is 4.48.